The number of carbonyl (C=O) groups excluding carboxylic acids is 1. The Bertz CT molecular complexity index is 1060. The van der Waals surface area contributed by atoms with Crippen molar-refractivity contribution in [2.24, 2.45) is 0 Å². The van der Waals surface area contributed by atoms with Crippen LogP contribution >= 0.6 is 0 Å². The highest BCUT2D eigenvalue weighted by Gasteiger charge is 2.34. The van der Waals surface area contributed by atoms with Gasteiger partial charge in [-0.15, -0.1) is 0 Å². The van der Waals surface area contributed by atoms with Crippen molar-refractivity contribution in [1.82, 2.24) is 9.88 Å². The molecular weight excluding hydrogens is 389 g/mol. The van der Waals surface area contributed by atoms with Gasteiger partial charge in [-0.1, -0.05) is 0 Å². The normalized spacial score (nSPS) is 21.5. The maximum Gasteiger partial charge on any atom is 0.343 e. The van der Waals surface area contributed by atoms with Crippen LogP contribution in [0.1, 0.15) is 48.1 Å². The van der Waals surface area contributed by atoms with Crippen LogP contribution in [0, 0.1) is 5.82 Å². The molecule has 1 N–H and O–H groups in total. The number of pyridine rings is 1. The van der Waals surface area contributed by atoms with Crippen molar-refractivity contribution >= 4 is 22.6 Å². The number of carbonyl (C=O) groups is 1. The summed E-state index contributed by atoms with van der Waals surface area (Å²) < 4.78 is 28.5. The van der Waals surface area contributed by atoms with Gasteiger partial charge in [0.2, 0.25) is 5.43 Å². The molecule has 2 fully saturated rings. The molecule has 2 aromatic rings. The van der Waals surface area contributed by atoms with E-state index in [2.05, 4.69) is 10.2 Å². The first-order valence-electron chi connectivity index (χ1n) is 10.7. The largest absolute Gasteiger partial charge is 0.462 e. The Labute approximate surface area is 173 Å². The number of aromatic nitrogens is 1. The van der Waals surface area contributed by atoms with Crippen LogP contribution in [-0.4, -0.2) is 49.4 Å². The van der Waals surface area contributed by atoms with E-state index in [0.29, 0.717) is 29.9 Å². The minimum Gasteiger partial charge on any atom is -0.462 e. The molecule has 160 valence electrons. The lowest BCUT2D eigenvalue weighted by atomic mass is 9.99. The zero-order valence-corrected chi connectivity index (χ0v) is 17.1. The number of hydrogen-bond acceptors (Lipinski definition) is 6. The van der Waals surface area contributed by atoms with Gasteiger partial charge < -0.3 is 24.3 Å². The number of piperazine rings is 1. The Hall–Kier alpha value is -2.45. The number of nitrogens with one attached hydrogen (secondary N) is 1. The molecule has 1 atom stereocenters. The van der Waals surface area contributed by atoms with Gasteiger partial charge in [0.15, 0.2) is 0 Å². The average Bonchev–Trinajstić information content (AvgIpc) is 3.55. The van der Waals surface area contributed by atoms with Crippen LogP contribution in [0.2, 0.25) is 0 Å². The van der Waals surface area contributed by atoms with Crippen LogP contribution in [0.25, 0.3) is 10.9 Å². The molecule has 0 spiro atoms. The second-order valence-electron chi connectivity index (χ2n) is 8.21. The predicted octanol–water partition coefficient (Wildman–Crippen LogP) is 2.35. The Morgan fingerprint density at radius 3 is 2.93 bits per heavy atom. The molecule has 1 saturated heterocycles. The van der Waals surface area contributed by atoms with Gasteiger partial charge in [-0.3, -0.25) is 4.79 Å². The van der Waals surface area contributed by atoms with Crippen LogP contribution in [0.15, 0.2) is 17.1 Å². The van der Waals surface area contributed by atoms with E-state index in [1.165, 1.54) is 6.07 Å². The molecule has 1 aromatic carbocycles. The summed E-state index contributed by atoms with van der Waals surface area (Å²) in [7, 11) is 0. The second-order valence-corrected chi connectivity index (χ2v) is 8.21. The molecule has 30 heavy (non-hydrogen) atoms. The minimum absolute atomic E-state index is 0.0394. The van der Waals surface area contributed by atoms with Crippen LogP contribution in [0.3, 0.4) is 0 Å². The van der Waals surface area contributed by atoms with Gasteiger partial charge in [-0.25, -0.2) is 9.18 Å². The third-order valence-electron chi connectivity index (χ3n) is 6.25. The molecule has 1 saturated carbocycles. The summed E-state index contributed by atoms with van der Waals surface area (Å²) in [6.45, 7) is 4.95. The highest BCUT2D eigenvalue weighted by Crippen LogP contribution is 2.41. The monoisotopic (exact) mass is 415 g/mol. The van der Waals surface area contributed by atoms with Crippen LogP contribution < -0.4 is 15.6 Å². The fourth-order valence-corrected chi connectivity index (χ4v) is 4.71. The molecule has 0 bridgehead atoms. The fourth-order valence-electron chi connectivity index (χ4n) is 4.71. The highest BCUT2D eigenvalue weighted by atomic mass is 19.1. The van der Waals surface area contributed by atoms with E-state index < -0.39 is 17.2 Å². The lowest BCUT2D eigenvalue weighted by Crippen LogP contribution is -2.53. The molecule has 3 heterocycles. The SMILES string of the molecule is CCOC(=O)c1cn(C2CC2)c2c3c(c(F)cc2c1=O)N1CCNC[C@H]1CCOC3. The van der Waals surface area contributed by atoms with E-state index in [0.717, 1.165) is 32.4 Å². The minimum atomic E-state index is -0.663. The number of benzene rings is 1. The topological polar surface area (TPSA) is 72.8 Å². The highest BCUT2D eigenvalue weighted by molar-refractivity contribution is 5.96. The van der Waals surface area contributed by atoms with Crippen LogP contribution in [-0.2, 0) is 16.1 Å². The van der Waals surface area contributed by atoms with Gasteiger partial charge in [0.25, 0.3) is 0 Å². The summed E-state index contributed by atoms with van der Waals surface area (Å²) in [5.41, 5.74) is 1.40. The molecule has 3 aliphatic rings. The Kier molecular flexibility index (Phi) is 4.99. The van der Waals surface area contributed by atoms with Gasteiger partial charge in [-0.05, 0) is 32.3 Å². The standard InChI is InChI=1S/C22H26FN3O4/c1-2-30-22(28)16-11-26(13-3-4-13)19-15(21(16)27)9-18(23)20-17(19)12-29-8-5-14-10-24-6-7-25(14)20/h9,11,13-14,24H,2-8,10,12H2,1H3/t14-/m1/s1. The number of ether oxygens (including phenoxy) is 2. The Balaban J connectivity index is 1.79. The quantitative estimate of drug-likeness (QED) is 0.776. The smallest absolute Gasteiger partial charge is 0.343 e. The Morgan fingerprint density at radius 2 is 2.17 bits per heavy atom. The van der Waals surface area contributed by atoms with Crippen molar-refractivity contribution in [3.8, 4) is 0 Å². The third kappa shape index (κ3) is 3.18. The molecule has 5 rings (SSSR count). The zero-order valence-electron chi connectivity index (χ0n) is 17.1. The van der Waals surface area contributed by atoms with Crippen molar-refractivity contribution in [3.05, 3.63) is 39.4 Å². The van der Waals surface area contributed by atoms with Crippen LogP contribution in [0.5, 0.6) is 0 Å². The summed E-state index contributed by atoms with van der Waals surface area (Å²) in [5.74, 6) is -1.10. The van der Waals surface area contributed by atoms with E-state index >= 15 is 4.39 Å². The van der Waals surface area contributed by atoms with Crippen molar-refractivity contribution in [2.75, 3.05) is 37.7 Å². The maximum atomic E-state index is 15.5. The first-order valence-corrected chi connectivity index (χ1v) is 10.7. The molecule has 0 unspecified atom stereocenters. The molecule has 1 aliphatic carbocycles. The molecule has 1 aromatic heterocycles. The number of fused-ring (bicyclic) bond motifs is 5. The average molecular weight is 415 g/mol. The van der Waals surface area contributed by atoms with Crippen molar-refractivity contribution in [3.63, 3.8) is 0 Å². The van der Waals surface area contributed by atoms with Crippen molar-refractivity contribution in [2.45, 2.75) is 44.9 Å². The molecule has 2 aliphatic heterocycles. The zero-order chi connectivity index (χ0) is 20.8. The molecule has 0 amide bonds. The summed E-state index contributed by atoms with van der Waals surface area (Å²) in [6, 6.07) is 1.64. The lowest BCUT2D eigenvalue weighted by Gasteiger charge is -2.40. The molecule has 0 radical (unpaired) electrons. The maximum absolute atomic E-state index is 15.5. The predicted molar refractivity (Wildman–Crippen MR) is 111 cm³/mol. The number of rotatable bonds is 3. The molecular formula is C22H26FN3O4. The number of halogens is 1. The molecule has 7 nitrogen and oxygen atoms in total. The van der Waals surface area contributed by atoms with Gasteiger partial charge in [0, 0.05) is 55.5 Å². The first kappa shape index (κ1) is 19.5. The van der Waals surface area contributed by atoms with Crippen molar-refractivity contribution in [1.29, 1.82) is 0 Å². The van der Waals surface area contributed by atoms with Gasteiger partial charge in [0.1, 0.15) is 11.4 Å². The third-order valence-corrected chi connectivity index (χ3v) is 6.25. The van der Waals surface area contributed by atoms with E-state index in [9.17, 15) is 9.59 Å². The fraction of sp³-hybridized carbons (Fsp3) is 0.545. The lowest BCUT2D eigenvalue weighted by molar-refractivity contribution is 0.0524. The van der Waals surface area contributed by atoms with Gasteiger partial charge in [0.05, 0.1) is 24.4 Å². The number of anilines is 1. The summed E-state index contributed by atoms with van der Waals surface area (Å²) in [6.07, 6.45) is 4.35. The van der Waals surface area contributed by atoms with E-state index in [1.54, 1.807) is 13.1 Å². The number of nitrogens with zero attached hydrogens (tertiary/aromatic N) is 2. The van der Waals surface area contributed by atoms with Crippen LogP contribution in [0.4, 0.5) is 10.1 Å². The van der Waals surface area contributed by atoms with Gasteiger partial charge >= 0.3 is 5.97 Å². The van der Waals surface area contributed by atoms with E-state index in [4.69, 9.17) is 9.47 Å². The summed E-state index contributed by atoms with van der Waals surface area (Å²) >= 11 is 0. The van der Waals surface area contributed by atoms with Gasteiger partial charge in [-0.2, -0.15) is 0 Å². The summed E-state index contributed by atoms with van der Waals surface area (Å²) in [5, 5.41) is 3.60. The second kappa shape index (κ2) is 7.67. The van der Waals surface area contributed by atoms with E-state index in [-0.39, 0.29) is 36.2 Å². The molecule has 8 heteroatoms. The van der Waals surface area contributed by atoms with E-state index in [1.807, 2.05) is 4.57 Å². The van der Waals surface area contributed by atoms with Crippen molar-refractivity contribution < 1.29 is 18.7 Å². The number of hydrogen-bond donors (Lipinski definition) is 1. The summed E-state index contributed by atoms with van der Waals surface area (Å²) in [4.78, 5) is 27.7. The first-order chi connectivity index (χ1) is 14.6. The number of esters is 1. The Morgan fingerprint density at radius 1 is 1.33 bits per heavy atom.